The van der Waals surface area contributed by atoms with E-state index in [1.165, 1.54) is 13.4 Å². The molecule has 0 fully saturated rings. The minimum Gasteiger partial charge on any atom is -0.468 e. The number of nitrogens with zero attached hydrogens (tertiary/aromatic N) is 3. The van der Waals surface area contributed by atoms with Crippen LogP contribution in [0.1, 0.15) is 19.8 Å². The number of aryl methyl sites for hydroxylation is 1. The van der Waals surface area contributed by atoms with Crippen LogP contribution < -0.4 is 5.73 Å². The van der Waals surface area contributed by atoms with Gasteiger partial charge in [0, 0.05) is 6.54 Å². The standard InChI is InChI=1S/C9H16N4O2/c1-9(10,8(14)15-2)4-3-5-13-7-11-6-12-13/h6-7H,3-5,10H2,1-2H3. The van der Waals surface area contributed by atoms with E-state index in [4.69, 9.17) is 5.73 Å². The minimum atomic E-state index is -0.921. The van der Waals surface area contributed by atoms with E-state index in [9.17, 15) is 4.79 Å². The lowest BCUT2D eigenvalue weighted by atomic mass is 9.97. The molecule has 0 aliphatic rings. The van der Waals surface area contributed by atoms with E-state index in [0.717, 1.165) is 6.42 Å². The van der Waals surface area contributed by atoms with Gasteiger partial charge in [-0.1, -0.05) is 0 Å². The van der Waals surface area contributed by atoms with Crippen LogP contribution in [-0.4, -0.2) is 33.4 Å². The summed E-state index contributed by atoms with van der Waals surface area (Å²) in [6.45, 7) is 2.37. The molecule has 6 nitrogen and oxygen atoms in total. The smallest absolute Gasteiger partial charge is 0.325 e. The zero-order valence-electron chi connectivity index (χ0n) is 9.01. The van der Waals surface area contributed by atoms with Crippen LogP contribution in [0, 0.1) is 0 Å². The van der Waals surface area contributed by atoms with Crippen LogP contribution in [0.3, 0.4) is 0 Å². The maximum Gasteiger partial charge on any atom is 0.325 e. The summed E-state index contributed by atoms with van der Waals surface area (Å²) in [4.78, 5) is 15.1. The number of hydrogen-bond acceptors (Lipinski definition) is 5. The van der Waals surface area contributed by atoms with Gasteiger partial charge in [0.05, 0.1) is 7.11 Å². The summed E-state index contributed by atoms with van der Waals surface area (Å²) < 4.78 is 6.31. The highest BCUT2D eigenvalue weighted by Gasteiger charge is 2.28. The number of rotatable bonds is 5. The van der Waals surface area contributed by atoms with Crippen LogP contribution in [0.4, 0.5) is 0 Å². The quantitative estimate of drug-likeness (QED) is 0.692. The number of aromatic nitrogens is 3. The number of nitrogens with two attached hydrogens (primary N) is 1. The molecule has 0 radical (unpaired) electrons. The van der Waals surface area contributed by atoms with Gasteiger partial charge in [-0.25, -0.2) is 4.98 Å². The van der Waals surface area contributed by atoms with Crippen molar-refractivity contribution in [3.63, 3.8) is 0 Å². The Morgan fingerprint density at radius 2 is 2.40 bits per heavy atom. The van der Waals surface area contributed by atoms with Crippen LogP contribution in [0.2, 0.25) is 0 Å². The normalized spacial score (nSPS) is 14.6. The lowest BCUT2D eigenvalue weighted by molar-refractivity contribution is -0.146. The van der Waals surface area contributed by atoms with Crippen molar-refractivity contribution in [2.24, 2.45) is 5.73 Å². The van der Waals surface area contributed by atoms with E-state index in [1.807, 2.05) is 0 Å². The Bertz CT molecular complexity index is 308. The molecule has 0 saturated carbocycles. The highest BCUT2D eigenvalue weighted by molar-refractivity contribution is 5.79. The third-order valence-corrected chi connectivity index (χ3v) is 2.20. The van der Waals surface area contributed by atoms with Crippen LogP contribution in [0.15, 0.2) is 12.7 Å². The number of methoxy groups -OCH3 is 1. The third-order valence-electron chi connectivity index (χ3n) is 2.20. The molecule has 6 heteroatoms. The summed E-state index contributed by atoms with van der Waals surface area (Å²) in [5.41, 5.74) is 4.87. The van der Waals surface area contributed by atoms with Gasteiger partial charge < -0.3 is 10.5 Å². The number of carbonyl (C=O) groups is 1. The molecule has 84 valence electrons. The van der Waals surface area contributed by atoms with Crippen molar-refractivity contribution in [3.05, 3.63) is 12.7 Å². The molecule has 1 atom stereocenters. The van der Waals surface area contributed by atoms with Gasteiger partial charge in [-0.15, -0.1) is 0 Å². The van der Waals surface area contributed by atoms with Gasteiger partial charge in [-0.2, -0.15) is 5.10 Å². The fourth-order valence-electron chi connectivity index (χ4n) is 1.29. The van der Waals surface area contributed by atoms with Crippen molar-refractivity contribution in [2.75, 3.05) is 7.11 Å². The van der Waals surface area contributed by atoms with Crippen LogP contribution in [0.5, 0.6) is 0 Å². The van der Waals surface area contributed by atoms with Crippen LogP contribution >= 0.6 is 0 Å². The van der Waals surface area contributed by atoms with Gasteiger partial charge in [0.1, 0.15) is 18.2 Å². The molecule has 1 unspecified atom stereocenters. The Labute approximate surface area is 88.4 Å². The van der Waals surface area contributed by atoms with Crippen molar-refractivity contribution in [3.8, 4) is 0 Å². The van der Waals surface area contributed by atoms with Gasteiger partial charge in [-0.05, 0) is 19.8 Å². The molecular weight excluding hydrogens is 196 g/mol. The van der Waals surface area contributed by atoms with Gasteiger partial charge in [-0.3, -0.25) is 9.48 Å². The summed E-state index contributed by atoms with van der Waals surface area (Å²) in [5, 5.41) is 3.95. The molecule has 2 N–H and O–H groups in total. The first-order valence-electron chi connectivity index (χ1n) is 4.76. The highest BCUT2D eigenvalue weighted by atomic mass is 16.5. The summed E-state index contributed by atoms with van der Waals surface area (Å²) in [6.07, 6.45) is 4.42. The van der Waals surface area contributed by atoms with Crippen molar-refractivity contribution < 1.29 is 9.53 Å². The Morgan fingerprint density at radius 1 is 1.67 bits per heavy atom. The molecule has 0 aliphatic carbocycles. The topological polar surface area (TPSA) is 83.0 Å². The van der Waals surface area contributed by atoms with Crippen molar-refractivity contribution in [2.45, 2.75) is 31.8 Å². The number of carbonyl (C=O) groups excluding carboxylic acids is 1. The average molecular weight is 212 g/mol. The van der Waals surface area contributed by atoms with Crippen molar-refractivity contribution >= 4 is 5.97 Å². The first-order chi connectivity index (χ1) is 7.06. The van der Waals surface area contributed by atoms with E-state index < -0.39 is 5.54 Å². The largest absolute Gasteiger partial charge is 0.468 e. The molecule has 15 heavy (non-hydrogen) atoms. The maximum atomic E-state index is 11.2. The Hall–Kier alpha value is -1.43. The minimum absolute atomic E-state index is 0.388. The monoisotopic (exact) mass is 212 g/mol. The lowest BCUT2D eigenvalue weighted by Gasteiger charge is -2.20. The molecule has 1 heterocycles. The summed E-state index contributed by atoms with van der Waals surface area (Å²) >= 11 is 0. The van der Waals surface area contributed by atoms with Gasteiger partial charge in [0.2, 0.25) is 0 Å². The van der Waals surface area contributed by atoms with E-state index in [-0.39, 0.29) is 5.97 Å². The van der Waals surface area contributed by atoms with E-state index >= 15 is 0 Å². The van der Waals surface area contributed by atoms with E-state index in [1.54, 1.807) is 17.9 Å². The van der Waals surface area contributed by atoms with E-state index in [0.29, 0.717) is 13.0 Å². The highest BCUT2D eigenvalue weighted by Crippen LogP contribution is 2.11. The predicted octanol–water partition coefficient (Wildman–Crippen LogP) is -0.0513. The third kappa shape index (κ3) is 3.32. The second kappa shape index (κ2) is 4.88. The first kappa shape index (κ1) is 11.6. The first-order valence-corrected chi connectivity index (χ1v) is 4.76. The Morgan fingerprint density at radius 3 is 2.93 bits per heavy atom. The molecular formula is C9H16N4O2. The lowest BCUT2D eigenvalue weighted by Crippen LogP contribution is -2.45. The number of ether oxygens (including phenoxy) is 1. The molecule has 1 rings (SSSR count). The van der Waals surface area contributed by atoms with Gasteiger partial charge in [0.15, 0.2) is 0 Å². The second-order valence-electron chi connectivity index (χ2n) is 3.67. The molecule has 0 aliphatic heterocycles. The molecule has 1 aromatic rings. The van der Waals surface area contributed by atoms with E-state index in [2.05, 4.69) is 14.8 Å². The summed E-state index contributed by atoms with van der Waals surface area (Å²) in [6, 6.07) is 0. The van der Waals surface area contributed by atoms with Gasteiger partial charge >= 0.3 is 5.97 Å². The number of hydrogen-bond donors (Lipinski definition) is 1. The second-order valence-corrected chi connectivity index (χ2v) is 3.67. The zero-order chi connectivity index (χ0) is 11.3. The zero-order valence-corrected chi connectivity index (χ0v) is 9.01. The molecule has 0 saturated heterocycles. The summed E-state index contributed by atoms with van der Waals surface area (Å²) in [5.74, 6) is -0.388. The van der Waals surface area contributed by atoms with Crippen molar-refractivity contribution in [1.29, 1.82) is 0 Å². The molecule has 0 aromatic carbocycles. The SMILES string of the molecule is COC(=O)C(C)(N)CCCn1cncn1. The molecule has 0 bridgehead atoms. The fraction of sp³-hybridized carbons (Fsp3) is 0.667. The Kier molecular flexibility index (Phi) is 3.79. The van der Waals surface area contributed by atoms with Crippen LogP contribution in [-0.2, 0) is 16.1 Å². The molecule has 0 spiro atoms. The van der Waals surface area contributed by atoms with Crippen molar-refractivity contribution in [1.82, 2.24) is 14.8 Å². The Balaban J connectivity index is 2.33. The van der Waals surface area contributed by atoms with Gasteiger partial charge in [0.25, 0.3) is 0 Å². The average Bonchev–Trinajstić information content (AvgIpc) is 2.69. The summed E-state index contributed by atoms with van der Waals surface area (Å²) in [7, 11) is 1.34. The molecule has 1 aromatic heterocycles. The molecule has 0 amide bonds. The fourth-order valence-corrected chi connectivity index (χ4v) is 1.29. The number of esters is 1. The predicted molar refractivity (Wildman–Crippen MR) is 53.9 cm³/mol. The van der Waals surface area contributed by atoms with Crippen LogP contribution in [0.25, 0.3) is 0 Å². The maximum absolute atomic E-state index is 11.2.